The number of oxime groups is 1. The molecule has 0 aliphatic rings. The largest absolute Gasteiger partial charge is 0.497 e. The first-order valence-electron chi connectivity index (χ1n) is 6.15. The smallest absolute Gasteiger partial charge is 0.173 e. The van der Waals surface area contributed by atoms with Gasteiger partial charge in [-0.3, -0.25) is 0 Å². The first-order chi connectivity index (χ1) is 10.0. The van der Waals surface area contributed by atoms with Crippen LogP contribution in [0.1, 0.15) is 11.1 Å². The van der Waals surface area contributed by atoms with Crippen LogP contribution in [-0.4, -0.2) is 18.2 Å². The van der Waals surface area contributed by atoms with Gasteiger partial charge in [0.25, 0.3) is 0 Å². The highest BCUT2D eigenvalue weighted by Gasteiger charge is 2.12. The number of rotatable bonds is 4. The van der Waals surface area contributed by atoms with Crippen molar-refractivity contribution in [2.24, 2.45) is 10.9 Å². The van der Waals surface area contributed by atoms with Gasteiger partial charge in [-0.2, -0.15) is 0 Å². The maximum absolute atomic E-state index is 8.87. The molecule has 0 aliphatic carbocycles. The molecule has 3 N–H and O–H groups in total. The molecule has 0 aliphatic heterocycles. The fraction of sp³-hybridized carbons (Fsp3) is 0.133. The lowest BCUT2D eigenvalue weighted by atomic mass is 10.1. The van der Waals surface area contributed by atoms with E-state index in [4.69, 9.17) is 20.4 Å². The van der Waals surface area contributed by atoms with E-state index in [0.717, 1.165) is 15.8 Å². The van der Waals surface area contributed by atoms with E-state index in [1.54, 1.807) is 37.4 Å². The van der Waals surface area contributed by atoms with Crippen LogP contribution in [0.5, 0.6) is 17.2 Å². The third-order valence-electron chi connectivity index (χ3n) is 2.88. The van der Waals surface area contributed by atoms with Gasteiger partial charge in [-0.05, 0) is 53.2 Å². The summed E-state index contributed by atoms with van der Waals surface area (Å²) in [7, 11) is 1.60. The first-order valence-corrected chi connectivity index (χ1v) is 6.94. The third kappa shape index (κ3) is 3.46. The Labute approximate surface area is 131 Å². The van der Waals surface area contributed by atoms with Crippen molar-refractivity contribution in [2.75, 3.05) is 7.11 Å². The molecular weight excluding hydrogens is 336 g/mol. The molecule has 2 rings (SSSR count). The summed E-state index contributed by atoms with van der Waals surface area (Å²) in [6.07, 6.45) is 0. The Morgan fingerprint density at radius 1 is 1.19 bits per heavy atom. The van der Waals surface area contributed by atoms with Crippen molar-refractivity contribution in [3.8, 4) is 17.2 Å². The zero-order valence-corrected chi connectivity index (χ0v) is 13.2. The van der Waals surface area contributed by atoms with E-state index in [1.807, 2.05) is 13.0 Å². The zero-order chi connectivity index (χ0) is 15.4. The van der Waals surface area contributed by atoms with Crippen LogP contribution in [0.3, 0.4) is 0 Å². The summed E-state index contributed by atoms with van der Waals surface area (Å²) in [5.41, 5.74) is 7.20. The van der Waals surface area contributed by atoms with E-state index in [1.165, 1.54) is 0 Å². The van der Waals surface area contributed by atoms with E-state index in [0.29, 0.717) is 17.1 Å². The van der Waals surface area contributed by atoms with Crippen LogP contribution in [0, 0.1) is 6.92 Å². The molecule has 0 aromatic heterocycles. The lowest BCUT2D eigenvalue weighted by Gasteiger charge is -2.13. The molecule has 0 amide bonds. The van der Waals surface area contributed by atoms with Gasteiger partial charge in [0.2, 0.25) is 0 Å². The summed E-state index contributed by atoms with van der Waals surface area (Å²) in [5.74, 6) is 1.82. The van der Waals surface area contributed by atoms with Gasteiger partial charge in [0.15, 0.2) is 5.84 Å². The second-order valence-electron chi connectivity index (χ2n) is 4.38. The minimum atomic E-state index is -0.00154. The van der Waals surface area contributed by atoms with Crippen LogP contribution in [0.4, 0.5) is 0 Å². The molecule has 6 heteroatoms. The Hall–Kier alpha value is -2.21. The number of methoxy groups -OCH3 is 1. The average molecular weight is 351 g/mol. The highest BCUT2D eigenvalue weighted by molar-refractivity contribution is 9.10. The van der Waals surface area contributed by atoms with E-state index in [2.05, 4.69) is 21.1 Å². The molecule has 110 valence electrons. The molecule has 0 fully saturated rings. The van der Waals surface area contributed by atoms with E-state index >= 15 is 0 Å². The average Bonchev–Trinajstić information content (AvgIpc) is 2.49. The summed E-state index contributed by atoms with van der Waals surface area (Å²) in [5, 5.41) is 11.9. The molecule has 2 aromatic rings. The minimum Gasteiger partial charge on any atom is -0.497 e. The normalized spacial score (nSPS) is 11.3. The van der Waals surface area contributed by atoms with E-state index in [-0.39, 0.29) is 5.84 Å². The van der Waals surface area contributed by atoms with Crippen molar-refractivity contribution >= 4 is 21.8 Å². The van der Waals surface area contributed by atoms with Gasteiger partial charge in [0.1, 0.15) is 17.2 Å². The molecule has 2 aromatic carbocycles. The Balaban J connectivity index is 2.40. The Morgan fingerprint density at radius 3 is 2.52 bits per heavy atom. The molecule has 0 heterocycles. The van der Waals surface area contributed by atoms with Crippen LogP contribution >= 0.6 is 15.9 Å². The monoisotopic (exact) mass is 350 g/mol. The van der Waals surface area contributed by atoms with Gasteiger partial charge >= 0.3 is 0 Å². The molecule has 0 spiro atoms. The first kappa shape index (κ1) is 15.2. The van der Waals surface area contributed by atoms with Crippen molar-refractivity contribution in [1.82, 2.24) is 0 Å². The van der Waals surface area contributed by atoms with Gasteiger partial charge in [0.05, 0.1) is 17.1 Å². The Morgan fingerprint density at radius 2 is 1.90 bits per heavy atom. The number of halogens is 1. The van der Waals surface area contributed by atoms with Gasteiger partial charge in [-0.25, -0.2) is 0 Å². The maximum Gasteiger partial charge on any atom is 0.173 e. The number of benzene rings is 2. The number of hydrogen-bond donors (Lipinski definition) is 2. The molecule has 0 saturated carbocycles. The molecule has 0 bridgehead atoms. The molecule has 0 radical (unpaired) electrons. The van der Waals surface area contributed by atoms with Crippen molar-refractivity contribution in [1.29, 1.82) is 0 Å². The Bertz CT molecular complexity index is 687. The lowest BCUT2D eigenvalue weighted by Crippen LogP contribution is -2.14. The topological polar surface area (TPSA) is 77.1 Å². The molecule has 0 atom stereocenters. The number of amidine groups is 1. The summed E-state index contributed by atoms with van der Waals surface area (Å²) >= 11 is 3.42. The fourth-order valence-corrected chi connectivity index (χ4v) is 2.24. The van der Waals surface area contributed by atoms with E-state index in [9.17, 15) is 0 Å². The number of nitrogens with two attached hydrogens (primary N) is 1. The lowest BCUT2D eigenvalue weighted by molar-refractivity contribution is 0.318. The van der Waals surface area contributed by atoms with Crippen LogP contribution in [0.15, 0.2) is 46.0 Å². The highest BCUT2D eigenvalue weighted by atomic mass is 79.9. The highest BCUT2D eigenvalue weighted by Crippen LogP contribution is 2.34. The third-order valence-corrected chi connectivity index (χ3v) is 3.50. The van der Waals surface area contributed by atoms with Gasteiger partial charge in [-0.15, -0.1) is 0 Å². The summed E-state index contributed by atoms with van der Waals surface area (Å²) < 4.78 is 11.7. The molecule has 0 saturated heterocycles. The molecule has 5 nitrogen and oxygen atoms in total. The zero-order valence-electron chi connectivity index (χ0n) is 11.6. The van der Waals surface area contributed by atoms with Crippen molar-refractivity contribution in [3.05, 3.63) is 52.0 Å². The summed E-state index contributed by atoms with van der Waals surface area (Å²) in [6, 6.07) is 10.8. The number of aryl methyl sites for hydroxylation is 1. The van der Waals surface area contributed by atoms with Crippen molar-refractivity contribution in [3.63, 3.8) is 0 Å². The minimum absolute atomic E-state index is 0.00154. The standard InChI is InChI=1S/C15H15BrN2O3/c1-9-3-5-13(11(7-9)15(17)18-19)21-14-6-4-10(20-2)8-12(14)16/h3-8,19H,1-2H3,(H2,17,18). The summed E-state index contributed by atoms with van der Waals surface area (Å²) in [6.45, 7) is 1.92. The molecule has 0 unspecified atom stereocenters. The van der Waals surface area contributed by atoms with Crippen molar-refractivity contribution < 1.29 is 14.7 Å². The Kier molecular flexibility index (Phi) is 4.70. The van der Waals surface area contributed by atoms with Gasteiger partial charge in [0, 0.05) is 0 Å². The number of ether oxygens (including phenoxy) is 2. The van der Waals surface area contributed by atoms with E-state index < -0.39 is 0 Å². The van der Waals surface area contributed by atoms with Crippen LogP contribution < -0.4 is 15.2 Å². The second kappa shape index (κ2) is 6.49. The fourth-order valence-electron chi connectivity index (χ4n) is 1.80. The van der Waals surface area contributed by atoms with Crippen molar-refractivity contribution in [2.45, 2.75) is 6.92 Å². The molecular formula is C15H15BrN2O3. The number of nitrogens with zero attached hydrogens (tertiary/aromatic N) is 1. The SMILES string of the molecule is COc1ccc(Oc2ccc(C)cc2/C(N)=N/O)c(Br)c1. The van der Waals surface area contributed by atoms with Gasteiger partial charge in [-0.1, -0.05) is 16.8 Å². The summed E-state index contributed by atoms with van der Waals surface area (Å²) in [4.78, 5) is 0. The van der Waals surface area contributed by atoms with Crippen LogP contribution in [0.2, 0.25) is 0 Å². The second-order valence-corrected chi connectivity index (χ2v) is 5.24. The van der Waals surface area contributed by atoms with Crippen LogP contribution in [0.25, 0.3) is 0 Å². The number of hydrogen-bond acceptors (Lipinski definition) is 4. The van der Waals surface area contributed by atoms with Crippen LogP contribution in [-0.2, 0) is 0 Å². The quantitative estimate of drug-likeness (QED) is 0.382. The predicted molar refractivity (Wildman–Crippen MR) is 84.5 cm³/mol. The van der Waals surface area contributed by atoms with Gasteiger partial charge < -0.3 is 20.4 Å². The molecule has 21 heavy (non-hydrogen) atoms. The predicted octanol–water partition coefficient (Wildman–Crippen LogP) is 3.65. The maximum atomic E-state index is 8.87.